The summed E-state index contributed by atoms with van der Waals surface area (Å²) in [6.07, 6.45) is 0.0767. The molecular formula is C19H32N2O4S. The number of sulfonamides is 1. The molecule has 1 amide bonds. The molecule has 0 spiro atoms. The number of nitrogens with one attached hydrogen (secondary N) is 1. The van der Waals surface area contributed by atoms with Crippen molar-refractivity contribution in [3.8, 4) is 0 Å². The van der Waals surface area contributed by atoms with E-state index in [1.807, 2.05) is 12.1 Å². The number of hydrogen-bond acceptors (Lipinski definition) is 4. The minimum absolute atomic E-state index is 0.0258. The molecule has 0 aliphatic carbocycles. The third kappa shape index (κ3) is 7.33. The molecule has 26 heavy (non-hydrogen) atoms. The second-order valence-electron chi connectivity index (χ2n) is 8.43. The van der Waals surface area contributed by atoms with Crippen LogP contribution < -0.4 is 4.72 Å². The lowest BCUT2D eigenvalue weighted by molar-refractivity contribution is 0.0298. The average molecular weight is 385 g/mol. The maximum absolute atomic E-state index is 12.3. The third-order valence-electron chi connectivity index (χ3n) is 3.70. The third-order valence-corrected chi connectivity index (χ3v) is 5.18. The number of nitrogens with zero attached hydrogens (tertiary/aromatic N) is 1. The minimum atomic E-state index is -3.55. The van der Waals surface area contributed by atoms with E-state index in [-0.39, 0.29) is 16.9 Å². The van der Waals surface area contributed by atoms with E-state index in [1.54, 1.807) is 40.0 Å². The van der Waals surface area contributed by atoms with Crippen LogP contribution >= 0.6 is 0 Å². The predicted octanol–water partition coefficient (Wildman–Crippen LogP) is 3.52. The number of hydrogen-bond donors (Lipinski definition) is 1. The lowest BCUT2D eigenvalue weighted by atomic mass is 9.87. The number of rotatable bonds is 6. The highest BCUT2D eigenvalue weighted by atomic mass is 32.2. The number of benzene rings is 1. The molecule has 0 fully saturated rings. The van der Waals surface area contributed by atoms with Gasteiger partial charge in [0.2, 0.25) is 10.0 Å². The van der Waals surface area contributed by atoms with Crippen LogP contribution in [0.4, 0.5) is 4.79 Å². The molecule has 1 rings (SSSR count). The number of ether oxygens (including phenoxy) is 1. The van der Waals surface area contributed by atoms with Crippen LogP contribution in [-0.4, -0.2) is 45.1 Å². The van der Waals surface area contributed by atoms with E-state index in [0.29, 0.717) is 13.0 Å². The van der Waals surface area contributed by atoms with Gasteiger partial charge in [-0.25, -0.2) is 17.9 Å². The molecule has 0 aromatic heterocycles. The summed E-state index contributed by atoms with van der Waals surface area (Å²) < 4.78 is 32.5. The molecule has 1 N–H and O–H groups in total. The monoisotopic (exact) mass is 384 g/mol. The van der Waals surface area contributed by atoms with Gasteiger partial charge in [0.05, 0.1) is 4.90 Å². The summed E-state index contributed by atoms with van der Waals surface area (Å²) in [6.45, 7) is 12.3. The van der Waals surface area contributed by atoms with Crippen molar-refractivity contribution in [1.29, 1.82) is 0 Å². The molecule has 0 aliphatic heterocycles. The fourth-order valence-electron chi connectivity index (χ4n) is 2.17. The Bertz CT molecular complexity index is 699. The van der Waals surface area contributed by atoms with Gasteiger partial charge < -0.3 is 9.64 Å². The standard InChI is InChI=1S/C19H32N2O4S/c1-18(2,3)15-9-11-16(12-10-15)26(23,24)20-13-8-14-21(7)17(22)25-19(4,5)6/h9-12,20H,8,13-14H2,1-7H3. The number of carbonyl (C=O) groups is 1. The maximum Gasteiger partial charge on any atom is 0.410 e. The van der Waals surface area contributed by atoms with Gasteiger partial charge in [-0.2, -0.15) is 0 Å². The van der Waals surface area contributed by atoms with Gasteiger partial charge in [-0.15, -0.1) is 0 Å². The van der Waals surface area contributed by atoms with Crippen molar-refractivity contribution in [2.45, 2.75) is 63.9 Å². The zero-order valence-electron chi connectivity index (χ0n) is 16.9. The van der Waals surface area contributed by atoms with Gasteiger partial charge in [0, 0.05) is 20.1 Å². The van der Waals surface area contributed by atoms with E-state index in [1.165, 1.54) is 4.90 Å². The highest BCUT2D eigenvalue weighted by Gasteiger charge is 2.20. The molecule has 0 unspecified atom stereocenters. The second kappa shape index (κ2) is 8.39. The summed E-state index contributed by atoms with van der Waals surface area (Å²) in [7, 11) is -1.92. The Labute approximate surface area is 158 Å². The molecule has 7 heteroatoms. The van der Waals surface area contributed by atoms with Crippen LogP contribution in [-0.2, 0) is 20.2 Å². The molecule has 1 aromatic carbocycles. The molecule has 0 aliphatic rings. The van der Waals surface area contributed by atoms with Crippen molar-refractivity contribution in [3.63, 3.8) is 0 Å². The highest BCUT2D eigenvalue weighted by molar-refractivity contribution is 7.89. The Morgan fingerprint density at radius 2 is 1.62 bits per heavy atom. The van der Waals surface area contributed by atoms with E-state index in [2.05, 4.69) is 25.5 Å². The predicted molar refractivity (Wildman–Crippen MR) is 104 cm³/mol. The summed E-state index contributed by atoms with van der Waals surface area (Å²) >= 11 is 0. The first-order valence-corrected chi connectivity index (χ1v) is 10.2. The first kappa shape index (κ1) is 22.4. The van der Waals surface area contributed by atoms with Crippen LogP contribution in [0.3, 0.4) is 0 Å². The van der Waals surface area contributed by atoms with Crippen molar-refractivity contribution in [1.82, 2.24) is 9.62 Å². The molecule has 148 valence electrons. The number of carbonyl (C=O) groups excluding carboxylic acids is 1. The largest absolute Gasteiger partial charge is 0.444 e. The molecule has 1 aromatic rings. The summed E-state index contributed by atoms with van der Waals surface area (Å²) in [6, 6.07) is 6.92. The van der Waals surface area contributed by atoms with E-state index in [4.69, 9.17) is 4.74 Å². The number of amides is 1. The Morgan fingerprint density at radius 3 is 2.08 bits per heavy atom. The summed E-state index contributed by atoms with van der Waals surface area (Å²) in [5.41, 5.74) is 0.504. The maximum atomic E-state index is 12.3. The van der Waals surface area contributed by atoms with Crippen LogP contribution in [0.5, 0.6) is 0 Å². The van der Waals surface area contributed by atoms with Crippen molar-refractivity contribution >= 4 is 16.1 Å². The average Bonchev–Trinajstić information content (AvgIpc) is 2.49. The van der Waals surface area contributed by atoms with Crippen LogP contribution in [0.15, 0.2) is 29.2 Å². The van der Waals surface area contributed by atoms with E-state index < -0.39 is 21.7 Å². The fraction of sp³-hybridized carbons (Fsp3) is 0.632. The molecule has 6 nitrogen and oxygen atoms in total. The first-order chi connectivity index (χ1) is 11.7. The Kier molecular flexibility index (Phi) is 7.24. The highest BCUT2D eigenvalue weighted by Crippen LogP contribution is 2.23. The van der Waals surface area contributed by atoms with Gasteiger partial charge in [0.1, 0.15) is 5.60 Å². The van der Waals surface area contributed by atoms with Crippen LogP contribution in [0.25, 0.3) is 0 Å². The van der Waals surface area contributed by atoms with Gasteiger partial charge in [0.25, 0.3) is 0 Å². The normalized spacial score (nSPS) is 12.7. The zero-order valence-corrected chi connectivity index (χ0v) is 17.7. The smallest absolute Gasteiger partial charge is 0.410 e. The molecule has 0 saturated heterocycles. The van der Waals surface area contributed by atoms with Crippen LogP contribution in [0.1, 0.15) is 53.5 Å². The quantitative estimate of drug-likeness (QED) is 0.762. The van der Waals surface area contributed by atoms with Gasteiger partial charge in [-0.05, 0) is 50.3 Å². The molecule has 0 heterocycles. The Balaban J connectivity index is 2.53. The molecule has 0 saturated carbocycles. The summed E-state index contributed by atoms with van der Waals surface area (Å²) in [5, 5.41) is 0. The zero-order chi connectivity index (χ0) is 20.2. The lowest BCUT2D eigenvalue weighted by Gasteiger charge is -2.24. The molecule has 0 atom stereocenters. The van der Waals surface area contributed by atoms with Gasteiger partial charge in [-0.1, -0.05) is 32.9 Å². The first-order valence-electron chi connectivity index (χ1n) is 8.77. The molecule has 0 radical (unpaired) electrons. The van der Waals surface area contributed by atoms with E-state index in [0.717, 1.165) is 5.56 Å². The van der Waals surface area contributed by atoms with Gasteiger partial charge >= 0.3 is 6.09 Å². The summed E-state index contributed by atoms with van der Waals surface area (Å²) in [4.78, 5) is 13.5. The fourth-order valence-corrected chi connectivity index (χ4v) is 3.25. The van der Waals surface area contributed by atoms with Crippen molar-refractivity contribution in [3.05, 3.63) is 29.8 Å². The Morgan fingerprint density at radius 1 is 1.08 bits per heavy atom. The van der Waals surface area contributed by atoms with E-state index >= 15 is 0 Å². The second-order valence-corrected chi connectivity index (χ2v) is 10.2. The van der Waals surface area contributed by atoms with Crippen molar-refractivity contribution < 1.29 is 17.9 Å². The SMILES string of the molecule is CN(CCCNS(=O)(=O)c1ccc(C(C)(C)C)cc1)C(=O)OC(C)(C)C. The van der Waals surface area contributed by atoms with Crippen LogP contribution in [0.2, 0.25) is 0 Å². The van der Waals surface area contributed by atoms with E-state index in [9.17, 15) is 13.2 Å². The van der Waals surface area contributed by atoms with Crippen molar-refractivity contribution in [2.24, 2.45) is 0 Å². The minimum Gasteiger partial charge on any atom is -0.444 e. The molecule has 0 bridgehead atoms. The van der Waals surface area contributed by atoms with Gasteiger partial charge in [-0.3, -0.25) is 0 Å². The topological polar surface area (TPSA) is 75.7 Å². The van der Waals surface area contributed by atoms with Gasteiger partial charge in [0.15, 0.2) is 0 Å². The Hall–Kier alpha value is -1.60. The summed E-state index contributed by atoms with van der Waals surface area (Å²) in [5.74, 6) is 0. The molecular weight excluding hydrogens is 352 g/mol. The van der Waals surface area contributed by atoms with Crippen molar-refractivity contribution in [2.75, 3.05) is 20.1 Å². The lowest BCUT2D eigenvalue weighted by Crippen LogP contribution is -2.36. The van der Waals surface area contributed by atoms with Crippen LogP contribution in [0, 0.1) is 0 Å².